The predicted octanol–water partition coefficient (Wildman–Crippen LogP) is 4.51. The Morgan fingerprint density at radius 3 is 1.90 bits per heavy atom. The molecule has 1 aliphatic carbocycles. The zero-order chi connectivity index (χ0) is 15.9. The van der Waals surface area contributed by atoms with Gasteiger partial charge in [-0.3, -0.25) is 0 Å². The highest BCUT2D eigenvalue weighted by Crippen LogP contribution is 2.19. The number of benzene rings is 1. The standard InChI is InChI=1S/C10H12.C7H16O2.C2H6/c1-2-6-10-8-4-3-7-9(10)5-1;1-7(9)5-3-2-4-6-8;1-2/h1-2,5-6H,3-4,7-8H2;7-9H,2-6H2,1H3;1-2H3. The maximum absolute atomic E-state index is 8.79. The van der Waals surface area contributed by atoms with E-state index in [0.717, 1.165) is 25.7 Å². The molecule has 1 aromatic rings. The molecule has 0 fully saturated rings. The summed E-state index contributed by atoms with van der Waals surface area (Å²) in [6.45, 7) is 6.07. The summed E-state index contributed by atoms with van der Waals surface area (Å²) < 4.78 is 0. The van der Waals surface area contributed by atoms with Crippen molar-refractivity contribution in [2.45, 2.75) is 78.2 Å². The Hall–Kier alpha value is -0.860. The lowest BCUT2D eigenvalue weighted by Crippen LogP contribution is -2.00. The summed E-state index contributed by atoms with van der Waals surface area (Å²) in [6, 6.07) is 8.80. The number of hydrogen-bond donors (Lipinski definition) is 2. The second-order valence-electron chi connectivity index (χ2n) is 5.40. The number of aliphatic hydroxyl groups is 2. The van der Waals surface area contributed by atoms with Crippen LogP contribution in [0.15, 0.2) is 24.3 Å². The van der Waals surface area contributed by atoms with E-state index in [1.165, 1.54) is 25.7 Å². The van der Waals surface area contributed by atoms with E-state index in [0.29, 0.717) is 0 Å². The molecule has 1 unspecified atom stereocenters. The SMILES string of the molecule is CC.CC(O)CCCCCO.c1ccc2c(c1)CCCC2. The molecule has 0 aromatic heterocycles. The minimum absolute atomic E-state index is 0.177. The molecule has 2 rings (SSSR count). The van der Waals surface area contributed by atoms with Crippen molar-refractivity contribution in [2.24, 2.45) is 0 Å². The molecule has 1 atom stereocenters. The second-order valence-corrected chi connectivity index (χ2v) is 5.40. The quantitative estimate of drug-likeness (QED) is 0.784. The topological polar surface area (TPSA) is 40.5 Å². The largest absolute Gasteiger partial charge is 0.396 e. The minimum atomic E-state index is -0.177. The van der Waals surface area contributed by atoms with Crippen molar-refractivity contribution in [2.75, 3.05) is 6.61 Å². The summed E-state index contributed by atoms with van der Waals surface area (Å²) in [7, 11) is 0. The van der Waals surface area contributed by atoms with Gasteiger partial charge in [0.05, 0.1) is 6.10 Å². The van der Waals surface area contributed by atoms with Crippen LogP contribution in [0.3, 0.4) is 0 Å². The average molecular weight is 294 g/mol. The fourth-order valence-corrected chi connectivity index (χ4v) is 2.40. The van der Waals surface area contributed by atoms with Crippen molar-refractivity contribution in [3.8, 4) is 0 Å². The van der Waals surface area contributed by atoms with Crippen LogP contribution in [-0.2, 0) is 12.8 Å². The van der Waals surface area contributed by atoms with Crippen molar-refractivity contribution in [1.82, 2.24) is 0 Å². The third kappa shape index (κ3) is 10.5. The molecule has 0 spiro atoms. The van der Waals surface area contributed by atoms with Crippen LogP contribution in [0, 0.1) is 0 Å². The Morgan fingerprint density at radius 1 is 0.952 bits per heavy atom. The first kappa shape index (κ1) is 20.1. The van der Waals surface area contributed by atoms with E-state index in [-0.39, 0.29) is 12.7 Å². The summed E-state index contributed by atoms with van der Waals surface area (Å²) in [4.78, 5) is 0. The van der Waals surface area contributed by atoms with Crippen molar-refractivity contribution >= 4 is 0 Å². The van der Waals surface area contributed by atoms with Crippen molar-refractivity contribution in [1.29, 1.82) is 0 Å². The molecule has 21 heavy (non-hydrogen) atoms. The smallest absolute Gasteiger partial charge is 0.0512 e. The van der Waals surface area contributed by atoms with Crippen molar-refractivity contribution in [3.63, 3.8) is 0 Å². The third-order valence-corrected chi connectivity index (χ3v) is 3.54. The lowest BCUT2D eigenvalue weighted by atomic mass is 9.92. The Bertz CT molecular complexity index is 309. The molecule has 2 N–H and O–H groups in total. The number of hydrogen-bond acceptors (Lipinski definition) is 2. The summed E-state index contributed by atoms with van der Waals surface area (Å²) in [5.74, 6) is 0. The van der Waals surface area contributed by atoms with Gasteiger partial charge in [-0.1, -0.05) is 51.0 Å². The van der Waals surface area contributed by atoms with Crippen LogP contribution in [-0.4, -0.2) is 22.9 Å². The van der Waals surface area contributed by atoms with E-state index >= 15 is 0 Å². The van der Waals surface area contributed by atoms with E-state index in [4.69, 9.17) is 10.2 Å². The summed E-state index contributed by atoms with van der Waals surface area (Å²) >= 11 is 0. The van der Waals surface area contributed by atoms with Crippen LogP contribution < -0.4 is 0 Å². The van der Waals surface area contributed by atoms with E-state index < -0.39 is 0 Å². The molecule has 1 aliphatic rings. The van der Waals surface area contributed by atoms with Gasteiger partial charge in [-0.15, -0.1) is 0 Å². The van der Waals surface area contributed by atoms with Crippen LogP contribution in [0.2, 0.25) is 0 Å². The average Bonchev–Trinajstić information content (AvgIpc) is 2.54. The van der Waals surface area contributed by atoms with Gasteiger partial charge in [-0.2, -0.15) is 0 Å². The predicted molar refractivity (Wildman–Crippen MR) is 91.7 cm³/mol. The molecule has 2 nitrogen and oxygen atoms in total. The number of rotatable bonds is 5. The first-order chi connectivity index (χ1) is 10.2. The van der Waals surface area contributed by atoms with Gasteiger partial charge in [0.1, 0.15) is 0 Å². The van der Waals surface area contributed by atoms with Crippen LogP contribution >= 0.6 is 0 Å². The molecule has 0 heterocycles. The fraction of sp³-hybridized carbons (Fsp3) is 0.684. The number of fused-ring (bicyclic) bond motifs is 1. The van der Waals surface area contributed by atoms with Crippen LogP contribution in [0.4, 0.5) is 0 Å². The summed E-state index contributed by atoms with van der Waals surface area (Å²) in [6.07, 6.45) is 8.98. The molecule has 2 heteroatoms. The first-order valence-electron chi connectivity index (χ1n) is 8.59. The molecule has 0 aliphatic heterocycles. The zero-order valence-corrected chi connectivity index (χ0v) is 14.1. The van der Waals surface area contributed by atoms with Crippen molar-refractivity contribution in [3.05, 3.63) is 35.4 Å². The monoisotopic (exact) mass is 294 g/mol. The minimum Gasteiger partial charge on any atom is -0.396 e. The Morgan fingerprint density at radius 2 is 1.48 bits per heavy atom. The summed E-state index contributed by atoms with van der Waals surface area (Å²) in [5.41, 5.74) is 3.16. The number of aryl methyl sites for hydroxylation is 2. The van der Waals surface area contributed by atoms with Gasteiger partial charge in [0.2, 0.25) is 0 Å². The molecule has 0 saturated heterocycles. The third-order valence-electron chi connectivity index (χ3n) is 3.54. The molecule has 122 valence electrons. The van der Waals surface area contributed by atoms with Gasteiger partial charge in [-0.05, 0) is 56.6 Å². The molecule has 0 bridgehead atoms. The lowest BCUT2D eigenvalue weighted by molar-refractivity contribution is 0.178. The van der Waals surface area contributed by atoms with Crippen molar-refractivity contribution < 1.29 is 10.2 Å². The van der Waals surface area contributed by atoms with Crippen LogP contribution in [0.1, 0.15) is 70.4 Å². The van der Waals surface area contributed by atoms with E-state index in [9.17, 15) is 0 Å². The summed E-state index contributed by atoms with van der Waals surface area (Å²) in [5, 5.41) is 17.2. The molecular weight excluding hydrogens is 260 g/mol. The van der Waals surface area contributed by atoms with Gasteiger partial charge >= 0.3 is 0 Å². The van der Waals surface area contributed by atoms with E-state index in [1.54, 1.807) is 18.1 Å². The fourth-order valence-electron chi connectivity index (χ4n) is 2.40. The Kier molecular flexibility index (Phi) is 13.5. The maximum Gasteiger partial charge on any atom is 0.0512 e. The van der Waals surface area contributed by atoms with Gasteiger partial charge < -0.3 is 10.2 Å². The highest BCUT2D eigenvalue weighted by molar-refractivity contribution is 5.28. The van der Waals surface area contributed by atoms with E-state index in [2.05, 4.69) is 24.3 Å². The number of aliphatic hydroxyl groups excluding tert-OH is 2. The zero-order valence-electron chi connectivity index (χ0n) is 14.1. The number of unbranched alkanes of at least 4 members (excludes halogenated alkanes) is 2. The van der Waals surface area contributed by atoms with E-state index in [1.807, 2.05) is 13.8 Å². The normalized spacial score (nSPS) is 14.0. The second kappa shape index (κ2) is 14.1. The van der Waals surface area contributed by atoms with Gasteiger partial charge in [-0.25, -0.2) is 0 Å². The highest BCUT2D eigenvalue weighted by atomic mass is 16.3. The molecule has 0 saturated carbocycles. The molecule has 0 radical (unpaired) electrons. The van der Waals surface area contributed by atoms with Gasteiger partial charge in [0, 0.05) is 6.61 Å². The molecule has 0 amide bonds. The van der Waals surface area contributed by atoms with Gasteiger partial charge in [0.25, 0.3) is 0 Å². The Balaban J connectivity index is 0.000000344. The maximum atomic E-state index is 8.79. The van der Waals surface area contributed by atoms with Crippen LogP contribution in [0.5, 0.6) is 0 Å². The first-order valence-corrected chi connectivity index (χ1v) is 8.59. The van der Waals surface area contributed by atoms with Gasteiger partial charge in [0.15, 0.2) is 0 Å². The highest BCUT2D eigenvalue weighted by Gasteiger charge is 2.05. The molecule has 1 aromatic carbocycles. The molecular formula is C19H34O2. The lowest BCUT2D eigenvalue weighted by Gasteiger charge is -2.13. The van der Waals surface area contributed by atoms with Crippen LogP contribution in [0.25, 0.3) is 0 Å². The Labute approximate surface area is 131 Å².